The number of nitrogens with one attached hydrogen (secondary N) is 1. The van der Waals surface area contributed by atoms with Crippen LogP contribution in [0.1, 0.15) is 31.4 Å². The number of fused-ring (bicyclic) bond motifs is 3. The Morgan fingerprint density at radius 3 is 2.88 bits per heavy atom. The Morgan fingerprint density at radius 1 is 1.16 bits per heavy atom. The number of Topliss-reactive ketones (excluding diaryl/α,β-unsaturated/α-hetero) is 1. The molecule has 0 saturated carbocycles. The SMILES string of the molecule is C[C@H]1CC(=O)C2=C(C1)Nc1nc3ccccc3n1[C@@H]2c1cccnc1. The lowest BCUT2D eigenvalue weighted by molar-refractivity contribution is -0.117. The highest BCUT2D eigenvalue weighted by Crippen LogP contribution is 2.43. The molecule has 2 atom stereocenters. The number of ketones is 1. The summed E-state index contributed by atoms with van der Waals surface area (Å²) in [7, 11) is 0. The van der Waals surface area contributed by atoms with Crippen LogP contribution in [0.2, 0.25) is 0 Å². The first-order valence-electron chi connectivity index (χ1n) is 8.62. The van der Waals surface area contributed by atoms with Crippen LogP contribution in [0.3, 0.4) is 0 Å². The first-order valence-corrected chi connectivity index (χ1v) is 8.62. The van der Waals surface area contributed by atoms with E-state index in [0.29, 0.717) is 12.3 Å². The summed E-state index contributed by atoms with van der Waals surface area (Å²) in [5.41, 5.74) is 4.85. The average Bonchev–Trinajstić information content (AvgIpc) is 2.98. The summed E-state index contributed by atoms with van der Waals surface area (Å²) in [6.07, 6.45) is 5.09. The Hall–Kier alpha value is -2.95. The van der Waals surface area contributed by atoms with Gasteiger partial charge in [0.1, 0.15) is 0 Å². The molecule has 0 fully saturated rings. The van der Waals surface area contributed by atoms with E-state index in [-0.39, 0.29) is 11.8 Å². The molecular weight excluding hydrogens is 312 g/mol. The minimum Gasteiger partial charge on any atom is -0.329 e. The van der Waals surface area contributed by atoms with Gasteiger partial charge in [0.2, 0.25) is 5.95 Å². The molecule has 0 radical (unpaired) electrons. The summed E-state index contributed by atoms with van der Waals surface area (Å²) in [4.78, 5) is 22.0. The number of anilines is 1. The van der Waals surface area contributed by atoms with Crippen molar-refractivity contribution in [2.24, 2.45) is 5.92 Å². The van der Waals surface area contributed by atoms with Gasteiger partial charge in [-0.2, -0.15) is 0 Å². The van der Waals surface area contributed by atoms with Gasteiger partial charge in [0, 0.05) is 30.1 Å². The van der Waals surface area contributed by atoms with E-state index < -0.39 is 0 Å². The predicted molar refractivity (Wildman–Crippen MR) is 96.2 cm³/mol. The van der Waals surface area contributed by atoms with Crippen molar-refractivity contribution in [1.82, 2.24) is 14.5 Å². The maximum absolute atomic E-state index is 12.9. The van der Waals surface area contributed by atoms with Crippen molar-refractivity contribution in [2.45, 2.75) is 25.8 Å². The largest absolute Gasteiger partial charge is 0.329 e. The lowest BCUT2D eigenvalue weighted by Gasteiger charge is -2.35. The molecule has 5 heteroatoms. The zero-order chi connectivity index (χ0) is 17.0. The van der Waals surface area contributed by atoms with Crippen molar-refractivity contribution in [3.63, 3.8) is 0 Å². The summed E-state index contributed by atoms with van der Waals surface area (Å²) in [6.45, 7) is 2.13. The van der Waals surface area contributed by atoms with Gasteiger partial charge in [-0.25, -0.2) is 4.98 Å². The molecule has 1 aromatic carbocycles. The third kappa shape index (κ3) is 2.12. The summed E-state index contributed by atoms with van der Waals surface area (Å²) in [6, 6.07) is 11.8. The quantitative estimate of drug-likeness (QED) is 0.739. The van der Waals surface area contributed by atoms with Gasteiger partial charge in [0.25, 0.3) is 0 Å². The minimum absolute atomic E-state index is 0.174. The molecule has 5 nitrogen and oxygen atoms in total. The summed E-state index contributed by atoms with van der Waals surface area (Å²) < 4.78 is 2.14. The Bertz CT molecular complexity index is 1020. The third-order valence-electron chi connectivity index (χ3n) is 5.10. The number of allylic oxidation sites excluding steroid dienone is 2. The topological polar surface area (TPSA) is 59.8 Å². The molecule has 1 N–H and O–H groups in total. The molecule has 3 heterocycles. The van der Waals surface area contributed by atoms with Crippen molar-refractivity contribution < 1.29 is 4.79 Å². The second kappa shape index (κ2) is 5.28. The zero-order valence-corrected chi connectivity index (χ0v) is 13.9. The van der Waals surface area contributed by atoms with Crippen LogP contribution in [0.15, 0.2) is 60.1 Å². The Morgan fingerprint density at radius 2 is 2.04 bits per heavy atom. The number of carbonyl (C=O) groups excluding carboxylic acids is 1. The molecule has 0 spiro atoms. The molecule has 124 valence electrons. The van der Waals surface area contributed by atoms with Gasteiger partial charge in [0.15, 0.2) is 5.78 Å². The van der Waals surface area contributed by atoms with E-state index in [2.05, 4.69) is 27.9 Å². The number of pyridine rings is 1. The van der Waals surface area contributed by atoms with Crippen molar-refractivity contribution >= 4 is 22.8 Å². The highest BCUT2D eigenvalue weighted by molar-refractivity contribution is 6.00. The third-order valence-corrected chi connectivity index (χ3v) is 5.10. The minimum atomic E-state index is -0.174. The van der Waals surface area contributed by atoms with E-state index in [1.54, 1.807) is 6.20 Å². The first kappa shape index (κ1) is 14.4. The van der Waals surface area contributed by atoms with Crippen molar-refractivity contribution in [3.8, 4) is 0 Å². The Labute approximate surface area is 145 Å². The lowest BCUT2D eigenvalue weighted by Crippen LogP contribution is -2.33. The normalized spacial score (nSPS) is 22.5. The smallest absolute Gasteiger partial charge is 0.209 e. The summed E-state index contributed by atoms with van der Waals surface area (Å²) in [5, 5.41) is 3.44. The van der Waals surface area contributed by atoms with E-state index >= 15 is 0 Å². The fourth-order valence-corrected chi connectivity index (χ4v) is 4.07. The number of nitrogens with zero attached hydrogens (tertiary/aromatic N) is 3. The molecule has 0 amide bonds. The van der Waals surface area contributed by atoms with Crippen molar-refractivity contribution in [3.05, 3.63) is 65.6 Å². The first-order chi connectivity index (χ1) is 12.2. The van der Waals surface area contributed by atoms with E-state index in [1.165, 1.54) is 0 Å². The number of aromatic nitrogens is 3. The van der Waals surface area contributed by atoms with E-state index in [0.717, 1.165) is 40.2 Å². The van der Waals surface area contributed by atoms with Gasteiger partial charge >= 0.3 is 0 Å². The number of carbonyl (C=O) groups is 1. The molecular formula is C20H18N4O. The van der Waals surface area contributed by atoms with Gasteiger partial charge < -0.3 is 5.32 Å². The number of imidazole rings is 1. The molecule has 2 aliphatic rings. The van der Waals surface area contributed by atoms with E-state index in [1.807, 2.05) is 36.5 Å². The fraction of sp³-hybridized carbons (Fsp3) is 0.250. The number of hydrogen-bond acceptors (Lipinski definition) is 4. The van der Waals surface area contributed by atoms with Gasteiger partial charge in [0.05, 0.1) is 17.1 Å². The number of para-hydroxylation sites is 2. The summed E-state index contributed by atoms with van der Waals surface area (Å²) >= 11 is 0. The Balaban J connectivity index is 1.81. The molecule has 0 bridgehead atoms. The zero-order valence-electron chi connectivity index (χ0n) is 13.9. The van der Waals surface area contributed by atoms with Crippen LogP contribution in [-0.4, -0.2) is 20.3 Å². The second-order valence-corrected chi connectivity index (χ2v) is 6.94. The number of rotatable bonds is 1. The fourth-order valence-electron chi connectivity index (χ4n) is 4.07. The molecule has 0 unspecified atom stereocenters. The average molecular weight is 330 g/mol. The lowest BCUT2D eigenvalue weighted by atomic mass is 9.81. The van der Waals surface area contributed by atoms with Gasteiger partial charge in [-0.1, -0.05) is 25.1 Å². The van der Waals surface area contributed by atoms with Crippen LogP contribution < -0.4 is 5.32 Å². The molecule has 2 aromatic heterocycles. The van der Waals surface area contributed by atoms with Crippen LogP contribution in [0, 0.1) is 5.92 Å². The number of hydrogen-bond donors (Lipinski definition) is 1. The van der Waals surface area contributed by atoms with Gasteiger partial charge in [-0.3, -0.25) is 14.3 Å². The maximum atomic E-state index is 12.9. The van der Waals surface area contributed by atoms with Crippen molar-refractivity contribution in [1.29, 1.82) is 0 Å². The molecule has 25 heavy (non-hydrogen) atoms. The Kier molecular flexibility index (Phi) is 3.04. The molecule has 1 aliphatic heterocycles. The van der Waals surface area contributed by atoms with Gasteiger partial charge in [-0.15, -0.1) is 0 Å². The van der Waals surface area contributed by atoms with E-state index in [9.17, 15) is 4.79 Å². The summed E-state index contributed by atoms with van der Waals surface area (Å²) in [5.74, 6) is 1.37. The highest BCUT2D eigenvalue weighted by atomic mass is 16.1. The number of benzene rings is 1. The maximum Gasteiger partial charge on any atom is 0.209 e. The van der Waals surface area contributed by atoms with Crippen LogP contribution in [-0.2, 0) is 4.79 Å². The highest BCUT2D eigenvalue weighted by Gasteiger charge is 2.38. The monoisotopic (exact) mass is 330 g/mol. The molecule has 1 aliphatic carbocycles. The molecule has 5 rings (SSSR count). The standard InChI is InChI=1S/C20H18N4O/c1-12-9-15-18(17(25)10-12)19(13-5-4-8-21-11-13)24-16-7-3-2-6-14(16)22-20(24)23-15/h2-8,11-12,19H,9-10H2,1H3,(H,22,23)/t12-,19-/m1/s1. The van der Waals surface area contributed by atoms with Crippen LogP contribution in [0.5, 0.6) is 0 Å². The predicted octanol–water partition coefficient (Wildman–Crippen LogP) is 3.70. The van der Waals surface area contributed by atoms with E-state index in [4.69, 9.17) is 4.98 Å². The van der Waals surface area contributed by atoms with Crippen LogP contribution >= 0.6 is 0 Å². The second-order valence-electron chi connectivity index (χ2n) is 6.94. The van der Waals surface area contributed by atoms with Gasteiger partial charge in [-0.05, 0) is 36.1 Å². The van der Waals surface area contributed by atoms with Crippen LogP contribution in [0.4, 0.5) is 5.95 Å². The molecule has 0 saturated heterocycles. The van der Waals surface area contributed by atoms with Crippen molar-refractivity contribution in [2.75, 3.05) is 5.32 Å². The van der Waals surface area contributed by atoms with Crippen LogP contribution in [0.25, 0.3) is 11.0 Å². The molecule has 3 aromatic rings.